The van der Waals surface area contributed by atoms with E-state index >= 15 is 0 Å². The maximum absolute atomic E-state index is 13.0. The van der Waals surface area contributed by atoms with Crippen molar-refractivity contribution in [3.05, 3.63) is 23.8 Å². The lowest BCUT2D eigenvalue weighted by Crippen LogP contribution is -2.46. The second-order valence-corrected chi connectivity index (χ2v) is 6.44. The van der Waals surface area contributed by atoms with Gasteiger partial charge in [-0.15, -0.1) is 0 Å². The van der Waals surface area contributed by atoms with E-state index in [2.05, 4.69) is 15.4 Å². The van der Waals surface area contributed by atoms with Gasteiger partial charge in [-0.05, 0) is 43.4 Å². The Morgan fingerprint density at radius 3 is 2.78 bits per heavy atom. The van der Waals surface area contributed by atoms with Crippen LogP contribution in [0.5, 0.6) is 0 Å². The highest BCUT2D eigenvalue weighted by Gasteiger charge is 2.47. The minimum atomic E-state index is -0.907. The number of nitrogens with zero attached hydrogens (tertiary/aromatic N) is 3. The summed E-state index contributed by atoms with van der Waals surface area (Å²) >= 11 is 0. The Kier molecular flexibility index (Phi) is 3.28. The number of rotatable bonds is 2. The minimum Gasteiger partial charge on any atom is -0.480 e. The molecule has 23 heavy (non-hydrogen) atoms. The number of carboxylic acid groups (broad SMARTS) is 1. The molecule has 0 spiro atoms. The molecular formula is C16H18N4O3. The summed E-state index contributed by atoms with van der Waals surface area (Å²) in [5, 5.41) is 20.0. The second kappa shape index (κ2) is 5.33. The van der Waals surface area contributed by atoms with Gasteiger partial charge in [0.15, 0.2) is 0 Å². The molecular weight excluding hydrogens is 296 g/mol. The SMILES string of the molecule is O=C(O)[C@@H]1C[C@@H]2CCCC[C@@H]2N1C(=O)c1ccc2n[nH]nc2c1. The lowest BCUT2D eigenvalue weighted by Gasteiger charge is -2.33. The van der Waals surface area contributed by atoms with Crippen molar-refractivity contribution in [3.8, 4) is 0 Å². The molecule has 1 aromatic heterocycles. The van der Waals surface area contributed by atoms with Crippen molar-refractivity contribution in [2.24, 2.45) is 5.92 Å². The first kappa shape index (κ1) is 14.2. The molecule has 2 fully saturated rings. The van der Waals surface area contributed by atoms with Crippen molar-refractivity contribution in [2.45, 2.75) is 44.2 Å². The third kappa shape index (κ3) is 2.27. The highest BCUT2D eigenvalue weighted by molar-refractivity contribution is 5.99. The Labute approximate surface area is 132 Å². The van der Waals surface area contributed by atoms with Crippen molar-refractivity contribution in [2.75, 3.05) is 0 Å². The fraction of sp³-hybridized carbons (Fsp3) is 0.500. The number of carbonyl (C=O) groups excluding carboxylic acids is 1. The molecule has 1 saturated carbocycles. The van der Waals surface area contributed by atoms with Gasteiger partial charge in [-0.3, -0.25) is 4.79 Å². The van der Waals surface area contributed by atoms with Crippen molar-refractivity contribution >= 4 is 22.9 Å². The Morgan fingerprint density at radius 2 is 1.96 bits per heavy atom. The Hall–Kier alpha value is -2.44. The molecule has 4 rings (SSSR count). The molecule has 0 radical (unpaired) electrons. The summed E-state index contributed by atoms with van der Waals surface area (Å²) in [5.74, 6) is -0.809. The summed E-state index contributed by atoms with van der Waals surface area (Å²) in [6.07, 6.45) is 4.66. The lowest BCUT2D eigenvalue weighted by molar-refractivity contribution is -0.141. The molecule has 120 valence electrons. The number of aromatic amines is 1. The van der Waals surface area contributed by atoms with Crippen LogP contribution >= 0.6 is 0 Å². The number of aliphatic carboxylic acids is 1. The van der Waals surface area contributed by atoms with Gasteiger partial charge in [-0.2, -0.15) is 15.4 Å². The number of benzene rings is 1. The summed E-state index contributed by atoms with van der Waals surface area (Å²) < 4.78 is 0. The quantitative estimate of drug-likeness (QED) is 0.881. The average molecular weight is 314 g/mol. The monoisotopic (exact) mass is 314 g/mol. The number of carbonyl (C=O) groups is 2. The van der Waals surface area contributed by atoms with Gasteiger partial charge in [0.25, 0.3) is 5.91 Å². The predicted molar refractivity (Wildman–Crippen MR) is 81.8 cm³/mol. The highest BCUT2D eigenvalue weighted by Crippen LogP contribution is 2.40. The van der Waals surface area contributed by atoms with Crippen molar-refractivity contribution in [1.29, 1.82) is 0 Å². The first-order chi connectivity index (χ1) is 11.1. The fourth-order valence-electron chi connectivity index (χ4n) is 4.10. The largest absolute Gasteiger partial charge is 0.480 e. The first-order valence-electron chi connectivity index (χ1n) is 8.01. The molecule has 7 heteroatoms. The van der Waals surface area contributed by atoms with Crippen LogP contribution in [0.4, 0.5) is 0 Å². The molecule has 0 bridgehead atoms. The van der Waals surface area contributed by atoms with Gasteiger partial charge in [0, 0.05) is 11.6 Å². The maximum Gasteiger partial charge on any atom is 0.326 e. The van der Waals surface area contributed by atoms with Crippen LogP contribution in [0.2, 0.25) is 0 Å². The van der Waals surface area contributed by atoms with E-state index in [1.807, 2.05) is 0 Å². The number of hydrogen-bond donors (Lipinski definition) is 2. The predicted octanol–water partition coefficient (Wildman–Crippen LogP) is 1.82. The van der Waals surface area contributed by atoms with Crippen molar-refractivity contribution < 1.29 is 14.7 Å². The number of carboxylic acids is 1. The fourth-order valence-corrected chi connectivity index (χ4v) is 4.10. The minimum absolute atomic E-state index is 0.0466. The van der Waals surface area contributed by atoms with E-state index in [1.54, 1.807) is 23.1 Å². The molecule has 2 heterocycles. The average Bonchev–Trinajstić information content (AvgIpc) is 3.17. The zero-order valence-electron chi connectivity index (χ0n) is 12.6. The van der Waals surface area contributed by atoms with E-state index in [0.717, 1.165) is 25.7 Å². The topological polar surface area (TPSA) is 99.2 Å². The van der Waals surface area contributed by atoms with E-state index in [9.17, 15) is 14.7 Å². The molecule has 1 saturated heterocycles. The van der Waals surface area contributed by atoms with E-state index in [4.69, 9.17) is 0 Å². The molecule has 1 amide bonds. The van der Waals surface area contributed by atoms with Gasteiger partial charge in [-0.1, -0.05) is 12.8 Å². The van der Waals surface area contributed by atoms with Crippen LogP contribution in [0.25, 0.3) is 11.0 Å². The van der Waals surface area contributed by atoms with Crippen LogP contribution in [0.15, 0.2) is 18.2 Å². The van der Waals surface area contributed by atoms with Gasteiger partial charge < -0.3 is 10.0 Å². The number of H-pyrrole nitrogens is 1. The zero-order chi connectivity index (χ0) is 16.0. The van der Waals surface area contributed by atoms with Gasteiger partial charge in [-0.25, -0.2) is 4.79 Å². The molecule has 2 N–H and O–H groups in total. The molecule has 0 unspecified atom stereocenters. The van der Waals surface area contributed by atoms with E-state index in [1.165, 1.54) is 0 Å². The Morgan fingerprint density at radius 1 is 1.17 bits per heavy atom. The van der Waals surface area contributed by atoms with Gasteiger partial charge in [0.05, 0.1) is 0 Å². The number of nitrogens with one attached hydrogen (secondary N) is 1. The molecule has 2 aromatic rings. The van der Waals surface area contributed by atoms with Gasteiger partial charge in [0.2, 0.25) is 0 Å². The molecule has 1 aromatic carbocycles. The number of amides is 1. The third-order valence-electron chi connectivity index (χ3n) is 5.17. The van der Waals surface area contributed by atoms with Crippen LogP contribution in [0, 0.1) is 5.92 Å². The van der Waals surface area contributed by atoms with Crippen LogP contribution < -0.4 is 0 Å². The van der Waals surface area contributed by atoms with Gasteiger partial charge in [0.1, 0.15) is 17.1 Å². The van der Waals surface area contributed by atoms with Crippen LogP contribution in [-0.2, 0) is 4.79 Å². The number of likely N-dealkylation sites (tertiary alicyclic amines) is 1. The molecule has 3 atom stereocenters. The van der Waals surface area contributed by atoms with E-state index in [0.29, 0.717) is 28.9 Å². The standard InChI is InChI=1S/C16H18N4O3/c21-15(10-5-6-11-12(7-10)18-19-17-11)20-13-4-2-1-3-9(13)8-14(20)16(22)23/h5-7,9,13-14H,1-4,8H2,(H,22,23)(H,17,18,19)/t9-,13-,14-/m0/s1. The second-order valence-electron chi connectivity index (χ2n) is 6.44. The van der Waals surface area contributed by atoms with E-state index < -0.39 is 12.0 Å². The van der Waals surface area contributed by atoms with Crippen molar-refractivity contribution in [3.63, 3.8) is 0 Å². The van der Waals surface area contributed by atoms with Gasteiger partial charge >= 0.3 is 5.97 Å². The van der Waals surface area contributed by atoms with E-state index in [-0.39, 0.29) is 11.9 Å². The summed E-state index contributed by atoms with van der Waals surface area (Å²) in [5.41, 5.74) is 1.78. The molecule has 7 nitrogen and oxygen atoms in total. The Balaban J connectivity index is 1.70. The summed E-state index contributed by atoms with van der Waals surface area (Å²) in [6.45, 7) is 0. The normalized spacial score (nSPS) is 27.1. The summed E-state index contributed by atoms with van der Waals surface area (Å²) in [6, 6.07) is 4.43. The highest BCUT2D eigenvalue weighted by atomic mass is 16.4. The molecule has 2 aliphatic rings. The summed E-state index contributed by atoms with van der Waals surface area (Å²) in [4.78, 5) is 26.2. The zero-order valence-corrected chi connectivity index (χ0v) is 12.6. The lowest BCUT2D eigenvalue weighted by atomic mass is 9.84. The number of hydrogen-bond acceptors (Lipinski definition) is 4. The Bertz CT molecular complexity index is 772. The number of aromatic nitrogens is 3. The van der Waals surface area contributed by atoms with Crippen LogP contribution in [0.1, 0.15) is 42.5 Å². The smallest absolute Gasteiger partial charge is 0.326 e. The maximum atomic E-state index is 13.0. The first-order valence-corrected chi connectivity index (χ1v) is 8.01. The number of fused-ring (bicyclic) bond motifs is 2. The molecule has 1 aliphatic heterocycles. The summed E-state index contributed by atoms with van der Waals surface area (Å²) in [7, 11) is 0. The van der Waals surface area contributed by atoms with Crippen molar-refractivity contribution in [1.82, 2.24) is 20.3 Å². The third-order valence-corrected chi connectivity index (χ3v) is 5.17. The van der Waals surface area contributed by atoms with Crippen LogP contribution in [-0.4, -0.2) is 49.4 Å². The van der Waals surface area contributed by atoms with Crippen LogP contribution in [0.3, 0.4) is 0 Å². The molecule has 1 aliphatic carbocycles.